The molecule has 3 nitrogen and oxygen atoms in total. The molecule has 1 aromatic rings. The monoisotopic (exact) mass is 256 g/mol. The van der Waals surface area contributed by atoms with Crippen LogP contribution in [0, 0.1) is 0 Å². The Hall–Kier alpha value is -0.350. The Labute approximate surface area is 91.6 Å². The standard InChI is InChI=1S/C10H13BrN2O/c11-9-4-13(8-2-1-3-8)12-10(9)7-5-14-6-7/h4,7-8H,1-3,5-6H2. The van der Waals surface area contributed by atoms with Gasteiger partial charge in [-0.05, 0) is 35.2 Å². The molecule has 0 N–H and O–H groups in total. The molecular formula is C10H13BrN2O. The van der Waals surface area contributed by atoms with Crippen molar-refractivity contribution < 1.29 is 4.74 Å². The van der Waals surface area contributed by atoms with Crippen LogP contribution < -0.4 is 0 Å². The highest BCUT2D eigenvalue weighted by atomic mass is 79.9. The van der Waals surface area contributed by atoms with E-state index in [1.807, 2.05) is 0 Å². The molecule has 2 fully saturated rings. The van der Waals surface area contributed by atoms with E-state index in [4.69, 9.17) is 4.74 Å². The second kappa shape index (κ2) is 3.35. The fraction of sp³-hybridized carbons (Fsp3) is 0.700. The predicted molar refractivity (Wildman–Crippen MR) is 56.4 cm³/mol. The number of hydrogen-bond acceptors (Lipinski definition) is 2. The summed E-state index contributed by atoms with van der Waals surface area (Å²) in [5.41, 5.74) is 1.18. The minimum absolute atomic E-state index is 0.519. The van der Waals surface area contributed by atoms with Gasteiger partial charge in [-0.2, -0.15) is 5.10 Å². The number of nitrogens with zero attached hydrogens (tertiary/aromatic N) is 2. The summed E-state index contributed by atoms with van der Waals surface area (Å²) in [5, 5.41) is 4.64. The molecule has 1 saturated carbocycles. The van der Waals surface area contributed by atoms with Gasteiger partial charge in [0, 0.05) is 6.20 Å². The zero-order valence-electron chi connectivity index (χ0n) is 7.95. The van der Waals surface area contributed by atoms with Gasteiger partial charge in [-0.1, -0.05) is 0 Å². The van der Waals surface area contributed by atoms with E-state index >= 15 is 0 Å². The summed E-state index contributed by atoms with van der Waals surface area (Å²) < 4.78 is 8.46. The van der Waals surface area contributed by atoms with Crippen LogP contribution in [0.25, 0.3) is 0 Å². The SMILES string of the molecule is Brc1cn(C2CCC2)nc1C1COC1. The molecule has 0 spiro atoms. The van der Waals surface area contributed by atoms with Crippen molar-refractivity contribution in [3.8, 4) is 0 Å². The van der Waals surface area contributed by atoms with Crippen LogP contribution in [0.2, 0.25) is 0 Å². The van der Waals surface area contributed by atoms with Crippen LogP contribution in [0.3, 0.4) is 0 Å². The Morgan fingerprint density at radius 2 is 2.21 bits per heavy atom. The molecule has 1 aromatic heterocycles. The van der Waals surface area contributed by atoms with E-state index in [9.17, 15) is 0 Å². The molecule has 2 heterocycles. The van der Waals surface area contributed by atoms with Crippen molar-refractivity contribution >= 4 is 15.9 Å². The third-order valence-electron chi connectivity index (χ3n) is 3.19. The highest BCUT2D eigenvalue weighted by molar-refractivity contribution is 9.10. The van der Waals surface area contributed by atoms with E-state index in [1.165, 1.54) is 25.0 Å². The van der Waals surface area contributed by atoms with Gasteiger partial charge in [0.2, 0.25) is 0 Å². The Bertz CT molecular complexity index is 342. The van der Waals surface area contributed by atoms with E-state index in [2.05, 4.69) is 31.9 Å². The van der Waals surface area contributed by atoms with Crippen LogP contribution in [0.15, 0.2) is 10.7 Å². The third kappa shape index (κ3) is 1.32. The van der Waals surface area contributed by atoms with Crippen molar-refractivity contribution in [3.05, 3.63) is 16.4 Å². The van der Waals surface area contributed by atoms with Crippen molar-refractivity contribution in [1.29, 1.82) is 0 Å². The molecule has 0 aromatic carbocycles. The average Bonchev–Trinajstić information content (AvgIpc) is 2.25. The Balaban J connectivity index is 1.84. The lowest BCUT2D eigenvalue weighted by molar-refractivity contribution is 0.00602. The molecule has 0 atom stereocenters. The van der Waals surface area contributed by atoms with E-state index < -0.39 is 0 Å². The topological polar surface area (TPSA) is 27.1 Å². The minimum atomic E-state index is 0.519. The van der Waals surface area contributed by atoms with Crippen molar-refractivity contribution in [2.75, 3.05) is 13.2 Å². The van der Waals surface area contributed by atoms with Gasteiger partial charge in [0.05, 0.1) is 35.3 Å². The molecule has 0 bridgehead atoms. The smallest absolute Gasteiger partial charge is 0.0843 e. The average molecular weight is 257 g/mol. The molecule has 0 radical (unpaired) electrons. The molecule has 2 aliphatic rings. The molecule has 14 heavy (non-hydrogen) atoms. The van der Waals surface area contributed by atoms with Crippen LogP contribution in [0.5, 0.6) is 0 Å². The van der Waals surface area contributed by atoms with Gasteiger partial charge in [0.15, 0.2) is 0 Å². The molecular weight excluding hydrogens is 244 g/mol. The number of ether oxygens (including phenoxy) is 1. The maximum atomic E-state index is 5.18. The highest BCUT2D eigenvalue weighted by Crippen LogP contribution is 2.35. The fourth-order valence-corrected chi connectivity index (χ4v) is 2.50. The number of rotatable bonds is 2. The molecule has 3 rings (SSSR count). The second-order valence-corrected chi connectivity index (χ2v) is 5.02. The number of hydrogen-bond donors (Lipinski definition) is 0. The first-order valence-corrected chi connectivity index (χ1v) is 5.96. The van der Waals surface area contributed by atoms with Crippen LogP contribution in [0.4, 0.5) is 0 Å². The van der Waals surface area contributed by atoms with Crippen LogP contribution in [0.1, 0.15) is 36.9 Å². The summed E-state index contributed by atoms with van der Waals surface area (Å²) in [6.07, 6.45) is 6.05. The summed E-state index contributed by atoms with van der Waals surface area (Å²) >= 11 is 3.58. The van der Waals surface area contributed by atoms with Gasteiger partial charge in [0.25, 0.3) is 0 Å². The molecule has 4 heteroatoms. The van der Waals surface area contributed by atoms with Crippen molar-refractivity contribution in [2.24, 2.45) is 0 Å². The van der Waals surface area contributed by atoms with Crippen LogP contribution >= 0.6 is 15.9 Å². The predicted octanol–water partition coefficient (Wildman–Crippen LogP) is 2.48. The lowest BCUT2D eigenvalue weighted by Gasteiger charge is -2.27. The molecule has 1 saturated heterocycles. The third-order valence-corrected chi connectivity index (χ3v) is 3.80. The molecule has 1 aliphatic heterocycles. The molecule has 0 amide bonds. The number of aromatic nitrogens is 2. The van der Waals surface area contributed by atoms with Gasteiger partial charge in [-0.25, -0.2) is 0 Å². The van der Waals surface area contributed by atoms with Gasteiger partial charge < -0.3 is 4.74 Å². The Kier molecular flexibility index (Phi) is 2.13. The minimum Gasteiger partial charge on any atom is -0.380 e. The lowest BCUT2D eigenvalue weighted by Crippen LogP contribution is -2.26. The van der Waals surface area contributed by atoms with Gasteiger partial charge in [-0.15, -0.1) is 0 Å². The van der Waals surface area contributed by atoms with Crippen molar-refractivity contribution in [2.45, 2.75) is 31.2 Å². The van der Waals surface area contributed by atoms with Gasteiger partial charge >= 0.3 is 0 Å². The summed E-state index contributed by atoms with van der Waals surface area (Å²) in [7, 11) is 0. The van der Waals surface area contributed by atoms with Gasteiger partial charge in [0.1, 0.15) is 0 Å². The largest absolute Gasteiger partial charge is 0.380 e. The van der Waals surface area contributed by atoms with E-state index in [0.29, 0.717) is 12.0 Å². The maximum absolute atomic E-state index is 5.18. The second-order valence-electron chi connectivity index (χ2n) is 4.16. The first-order valence-electron chi connectivity index (χ1n) is 5.17. The van der Waals surface area contributed by atoms with Crippen molar-refractivity contribution in [3.63, 3.8) is 0 Å². The van der Waals surface area contributed by atoms with Crippen LogP contribution in [-0.2, 0) is 4.74 Å². The summed E-state index contributed by atoms with van der Waals surface area (Å²) in [6.45, 7) is 1.67. The van der Waals surface area contributed by atoms with E-state index in [1.54, 1.807) is 0 Å². The first-order chi connectivity index (χ1) is 6.84. The number of halogens is 1. The van der Waals surface area contributed by atoms with Crippen molar-refractivity contribution in [1.82, 2.24) is 9.78 Å². The highest BCUT2D eigenvalue weighted by Gasteiger charge is 2.28. The Morgan fingerprint density at radius 3 is 2.71 bits per heavy atom. The fourth-order valence-electron chi connectivity index (χ4n) is 1.89. The first kappa shape index (κ1) is 8.92. The maximum Gasteiger partial charge on any atom is 0.0843 e. The normalized spacial score (nSPS) is 23.2. The Morgan fingerprint density at radius 1 is 1.43 bits per heavy atom. The lowest BCUT2D eigenvalue weighted by atomic mass is 9.93. The molecule has 1 aliphatic carbocycles. The summed E-state index contributed by atoms with van der Waals surface area (Å²) in [5.74, 6) is 0.519. The zero-order chi connectivity index (χ0) is 9.54. The molecule has 76 valence electrons. The van der Waals surface area contributed by atoms with Crippen LogP contribution in [-0.4, -0.2) is 23.0 Å². The quantitative estimate of drug-likeness (QED) is 0.813. The molecule has 0 unspecified atom stereocenters. The van der Waals surface area contributed by atoms with E-state index in [-0.39, 0.29) is 0 Å². The summed E-state index contributed by atoms with van der Waals surface area (Å²) in [4.78, 5) is 0. The van der Waals surface area contributed by atoms with E-state index in [0.717, 1.165) is 17.7 Å². The summed E-state index contributed by atoms with van der Waals surface area (Å²) in [6, 6.07) is 0.654. The van der Waals surface area contributed by atoms with Gasteiger partial charge in [-0.3, -0.25) is 4.68 Å². The zero-order valence-corrected chi connectivity index (χ0v) is 9.53.